The third-order valence-electron chi connectivity index (χ3n) is 3.48. The summed E-state index contributed by atoms with van der Waals surface area (Å²) in [5, 5.41) is 2.46. The monoisotopic (exact) mass is 356 g/mol. The average Bonchev–Trinajstić information content (AvgIpc) is 2.77. The van der Waals surface area contributed by atoms with Crippen molar-refractivity contribution in [1.82, 2.24) is 10.2 Å². The molecular formula is C14H14BrFN2O3. The number of amides is 2. The molecule has 0 radical (unpaired) electrons. The zero-order valence-corrected chi connectivity index (χ0v) is 12.9. The zero-order chi connectivity index (χ0) is 15.6. The maximum atomic E-state index is 13.5. The molecule has 1 heterocycles. The number of halogens is 2. The van der Waals surface area contributed by atoms with Crippen LogP contribution < -0.4 is 5.32 Å². The molecule has 1 aromatic carbocycles. The standard InChI is InChI=1S/C14H14BrFN2O3/c1-17-13(20)3-2-9(7-19)18-6-8-4-11(15)12(16)5-10(8)14(18)21/h4-5,7,9H,2-3,6H2,1H3,(H,17,20). The molecule has 0 bridgehead atoms. The van der Waals surface area contributed by atoms with Crippen molar-refractivity contribution in [3.63, 3.8) is 0 Å². The normalized spacial score (nSPS) is 14.8. The lowest BCUT2D eigenvalue weighted by atomic mass is 10.1. The van der Waals surface area contributed by atoms with E-state index < -0.39 is 11.9 Å². The van der Waals surface area contributed by atoms with Crippen molar-refractivity contribution in [3.8, 4) is 0 Å². The van der Waals surface area contributed by atoms with Gasteiger partial charge >= 0.3 is 0 Å². The number of rotatable bonds is 5. The summed E-state index contributed by atoms with van der Waals surface area (Å²) in [6.45, 7) is 0.240. The molecular weight excluding hydrogens is 343 g/mol. The van der Waals surface area contributed by atoms with Gasteiger partial charge in [-0.2, -0.15) is 0 Å². The lowest BCUT2D eigenvalue weighted by Crippen LogP contribution is -2.37. The topological polar surface area (TPSA) is 66.5 Å². The van der Waals surface area contributed by atoms with Gasteiger partial charge in [0, 0.05) is 25.6 Å². The summed E-state index contributed by atoms with van der Waals surface area (Å²) in [7, 11) is 1.51. The molecule has 2 amide bonds. The molecule has 1 aliphatic rings. The molecule has 112 valence electrons. The smallest absolute Gasteiger partial charge is 0.255 e. The van der Waals surface area contributed by atoms with Crippen LogP contribution in [0.4, 0.5) is 4.39 Å². The van der Waals surface area contributed by atoms with Gasteiger partial charge in [0.15, 0.2) is 0 Å². The van der Waals surface area contributed by atoms with Crippen LogP contribution >= 0.6 is 15.9 Å². The van der Waals surface area contributed by atoms with E-state index in [1.807, 2.05) is 0 Å². The Labute approximate surface area is 129 Å². The molecule has 1 aromatic rings. The molecule has 2 rings (SSSR count). The second-order valence-electron chi connectivity index (χ2n) is 4.77. The maximum absolute atomic E-state index is 13.5. The third kappa shape index (κ3) is 3.12. The maximum Gasteiger partial charge on any atom is 0.255 e. The number of nitrogens with zero attached hydrogens (tertiary/aromatic N) is 1. The lowest BCUT2D eigenvalue weighted by Gasteiger charge is -2.22. The number of carbonyl (C=O) groups is 3. The number of nitrogens with one attached hydrogen (secondary N) is 1. The van der Waals surface area contributed by atoms with Crippen LogP contribution in [0, 0.1) is 5.82 Å². The molecule has 1 unspecified atom stereocenters. The minimum Gasteiger partial charge on any atom is -0.359 e. The Kier molecular flexibility index (Phi) is 4.72. The molecule has 0 saturated heterocycles. The van der Waals surface area contributed by atoms with Crippen LogP contribution in [-0.4, -0.2) is 36.1 Å². The second-order valence-corrected chi connectivity index (χ2v) is 5.63. The van der Waals surface area contributed by atoms with E-state index in [1.54, 1.807) is 6.07 Å². The largest absolute Gasteiger partial charge is 0.359 e. The van der Waals surface area contributed by atoms with Gasteiger partial charge in [0.25, 0.3) is 5.91 Å². The van der Waals surface area contributed by atoms with Crippen molar-refractivity contribution in [2.45, 2.75) is 25.4 Å². The van der Waals surface area contributed by atoms with Crippen LogP contribution in [-0.2, 0) is 16.1 Å². The van der Waals surface area contributed by atoms with Crippen molar-refractivity contribution < 1.29 is 18.8 Å². The van der Waals surface area contributed by atoms with Gasteiger partial charge in [-0.25, -0.2) is 4.39 Å². The molecule has 1 N–H and O–H groups in total. The quantitative estimate of drug-likeness (QED) is 0.815. The van der Waals surface area contributed by atoms with Gasteiger partial charge in [0.05, 0.1) is 10.5 Å². The zero-order valence-electron chi connectivity index (χ0n) is 11.4. The first-order chi connectivity index (χ1) is 9.97. The van der Waals surface area contributed by atoms with E-state index in [1.165, 1.54) is 18.0 Å². The van der Waals surface area contributed by atoms with Crippen molar-refractivity contribution >= 4 is 34.0 Å². The Morgan fingerprint density at radius 2 is 2.29 bits per heavy atom. The van der Waals surface area contributed by atoms with Crippen LogP contribution in [0.1, 0.15) is 28.8 Å². The van der Waals surface area contributed by atoms with E-state index >= 15 is 0 Å². The summed E-state index contributed by atoms with van der Waals surface area (Å²) >= 11 is 3.07. The number of benzene rings is 1. The molecule has 0 spiro atoms. The average molecular weight is 357 g/mol. The Morgan fingerprint density at radius 3 is 2.90 bits per heavy atom. The van der Waals surface area contributed by atoms with E-state index in [9.17, 15) is 18.8 Å². The second kappa shape index (κ2) is 6.34. The van der Waals surface area contributed by atoms with E-state index in [0.29, 0.717) is 11.8 Å². The van der Waals surface area contributed by atoms with E-state index in [0.717, 1.165) is 0 Å². The summed E-state index contributed by atoms with van der Waals surface area (Å²) in [4.78, 5) is 36.1. The molecule has 0 saturated carbocycles. The Balaban J connectivity index is 2.17. The first-order valence-corrected chi connectivity index (χ1v) is 7.22. The molecule has 0 aliphatic carbocycles. The van der Waals surface area contributed by atoms with E-state index in [2.05, 4.69) is 21.2 Å². The molecule has 1 aliphatic heterocycles. The number of hydrogen-bond acceptors (Lipinski definition) is 3. The summed E-state index contributed by atoms with van der Waals surface area (Å²) in [6.07, 6.45) is 1.04. The molecule has 1 atom stereocenters. The van der Waals surface area contributed by atoms with Gasteiger partial charge < -0.3 is 15.0 Å². The van der Waals surface area contributed by atoms with Gasteiger partial charge in [-0.1, -0.05) is 0 Å². The fourth-order valence-electron chi connectivity index (χ4n) is 2.30. The number of fused-ring (bicyclic) bond motifs is 1. The van der Waals surface area contributed by atoms with E-state index in [4.69, 9.17) is 0 Å². The first kappa shape index (κ1) is 15.6. The van der Waals surface area contributed by atoms with Crippen LogP contribution in [0.3, 0.4) is 0 Å². The predicted molar refractivity (Wildman–Crippen MR) is 77.1 cm³/mol. The number of hydrogen-bond donors (Lipinski definition) is 1. The van der Waals surface area contributed by atoms with Crippen molar-refractivity contribution in [2.24, 2.45) is 0 Å². The van der Waals surface area contributed by atoms with Crippen molar-refractivity contribution in [3.05, 3.63) is 33.5 Å². The highest BCUT2D eigenvalue weighted by atomic mass is 79.9. The van der Waals surface area contributed by atoms with Crippen LogP contribution in [0.15, 0.2) is 16.6 Å². The third-order valence-corrected chi connectivity index (χ3v) is 4.09. The summed E-state index contributed by atoms with van der Waals surface area (Å²) in [6, 6.07) is 2.02. The fourth-order valence-corrected chi connectivity index (χ4v) is 2.69. The number of carbonyl (C=O) groups excluding carboxylic acids is 3. The van der Waals surface area contributed by atoms with Crippen LogP contribution in [0.25, 0.3) is 0 Å². The minimum atomic E-state index is -0.691. The van der Waals surface area contributed by atoms with Gasteiger partial charge in [-0.05, 0) is 40.0 Å². The van der Waals surface area contributed by atoms with Crippen molar-refractivity contribution in [1.29, 1.82) is 0 Å². The summed E-state index contributed by atoms with van der Waals surface area (Å²) in [5.41, 5.74) is 0.933. The van der Waals surface area contributed by atoms with Gasteiger partial charge in [-0.15, -0.1) is 0 Å². The molecule has 7 heteroatoms. The number of aldehydes is 1. The molecule has 21 heavy (non-hydrogen) atoms. The highest BCUT2D eigenvalue weighted by molar-refractivity contribution is 9.10. The molecule has 0 aromatic heterocycles. The van der Waals surface area contributed by atoms with Gasteiger partial charge in [0.2, 0.25) is 5.91 Å². The minimum absolute atomic E-state index is 0.151. The van der Waals surface area contributed by atoms with Crippen molar-refractivity contribution in [2.75, 3.05) is 7.05 Å². The van der Waals surface area contributed by atoms with Crippen LogP contribution in [0.2, 0.25) is 0 Å². The SMILES string of the molecule is CNC(=O)CCC(C=O)N1Cc2cc(Br)c(F)cc2C1=O. The summed E-state index contributed by atoms with van der Waals surface area (Å²) < 4.78 is 13.8. The van der Waals surface area contributed by atoms with Gasteiger partial charge in [-0.3, -0.25) is 9.59 Å². The highest BCUT2D eigenvalue weighted by Crippen LogP contribution is 2.29. The Morgan fingerprint density at radius 1 is 1.57 bits per heavy atom. The Hall–Kier alpha value is -1.76. The molecule has 5 nitrogen and oxygen atoms in total. The first-order valence-electron chi connectivity index (χ1n) is 6.42. The predicted octanol–water partition coefficient (Wildman–Crippen LogP) is 1.64. The van der Waals surface area contributed by atoms with Crippen LogP contribution in [0.5, 0.6) is 0 Å². The Bertz CT molecular complexity index is 606. The highest BCUT2D eigenvalue weighted by Gasteiger charge is 2.33. The van der Waals surface area contributed by atoms with E-state index in [-0.39, 0.29) is 41.2 Å². The summed E-state index contributed by atoms with van der Waals surface area (Å²) in [5.74, 6) is -1.10. The lowest BCUT2D eigenvalue weighted by molar-refractivity contribution is -0.121. The molecule has 0 fully saturated rings. The van der Waals surface area contributed by atoms with Gasteiger partial charge in [0.1, 0.15) is 12.1 Å². The fraction of sp³-hybridized carbons (Fsp3) is 0.357.